The van der Waals surface area contributed by atoms with Gasteiger partial charge in [-0.25, -0.2) is 0 Å². The smallest absolute Gasteiger partial charge is 0.306 e. The Morgan fingerprint density at radius 1 is 0.340 bits per heavy atom. The minimum atomic E-state index is -4.65. The lowest BCUT2D eigenvalue weighted by molar-refractivity contribution is -0.870. The van der Waals surface area contributed by atoms with Crippen LogP contribution in [0.5, 0.6) is 0 Å². The summed E-state index contributed by atoms with van der Waals surface area (Å²) in [5, 5.41) is 0. The summed E-state index contributed by atoms with van der Waals surface area (Å²) in [6.45, 7) is 4.16. The first-order valence-corrected chi connectivity index (χ1v) is 41.1. The molecule has 10 heteroatoms. The Balaban J connectivity index is 4.01. The Bertz CT molecular complexity index is 1960. The fourth-order valence-corrected chi connectivity index (χ4v) is 12.0. The Hall–Kier alpha value is -3.33. The number of carbonyl (C=O) groups excluding carboxylic acids is 2. The van der Waals surface area contributed by atoms with Crippen LogP contribution in [0.25, 0.3) is 0 Å². The lowest BCUT2D eigenvalue weighted by atomic mass is 10.0. The van der Waals surface area contributed by atoms with Gasteiger partial charge in [-0.05, 0) is 83.5 Å². The quantitative estimate of drug-likeness (QED) is 0.0195. The van der Waals surface area contributed by atoms with Crippen LogP contribution in [0, 0.1) is 0 Å². The summed E-state index contributed by atoms with van der Waals surface area (Å²) in [6.07, 6.45) is 105. The second-order valence-electron chi connectivity index (χ2n) is 27.7. The predicted octanol–water partition coefficient (Wildman–Crippen LogP) is 25.8. The van der Waals surface area contributed by atoms with Gasteiger partial charge in [0.1, 0.15) is 19.8 Å². The molecule has 0 amide bonds. The maximum Gasteiger partial charge on any atom is 0.306 e. The number of nitrogens with zero attached hydrogens (tertiary/aromatic N) is 1. The van der Waals surface area contributed by atoms with Crippen molar-refractivity contribution < 1.29 is 42.1 Å². The molecule has 0 aliphatic heterocycles. The van der Waals surface area contributed by atoms with Gasteiger partial charge in [-0.1, -0.05) is 374 Å². The third kappa shape index (κ3) is 77.7. The zero-order chi connectivity index (χ0) is 68.3. The number of rotatable bonds is 73. The van der Waals surface area contributed by atoms with Crippen LogP contribution in [0.4, 0.5) is 0 Å². The molecule has 0 fully saturated rings. The van der Waals surface area contributed by atoms with Crippen molar-refractivity contribution in [3.63, 3.8) is 0 Å². The van der Waals surface area contributed by atoms with Crippen molar-refractivity contribution in [1.82, 2.24) is 0 Å². The van der Waals surface area contributed by atoms with E-state index in [0.29, 0.717) is 17.4 Å². The summed E-state index contributed by atoms with van der Waals surface area (Å²) in [4.78, 5) is 38.2. The minimum absolute atomic E-state index is 0.0366. The average Bonchev–Trinajstić information content (AvgIpc) is 1.68. The number of allylic oxidation sites excluding steroid dienone is 18. The molecule has 0 saturated carbocycles. The molecule has 2 atom stereocenters. The molecule has 0 saturated heterocycles. The lowest BCUT2D eigenvalue weighted by Crippen LogP contribution is -2.37. The van der Waals surface area contributed by atoms with Crippen molar-refractivity contribution >= 4 is 19.8 Å². The zero-order valence-electron chi connectivity index (χ0n) is 62.1. The van der Waals surface area contributed by atoms with E-state index in [1.807, 2.05) is 21.1 Å². The molecule has 0 aliphatic carbocycles. The van der Waals surface area contributed by atoms with Crippen LogP contribution in [0.15, 0.2) is 109 Å². The molecule has 2 unspecified atom stereocenters. The summed E-state index contributed by atoms with van der Waals surface area (Å²) in [7, 11) is 1.16. The van der Waals surface area contributed by atoms with E-state index >= 15 is 0 Å². The topological polar surface area (TPSA) is 111 Å². The van der Waals surface area contributed by atoms with Gasteiger partial charge in [0.05, 0.1) is 27.7 Å². The highest BCUT2D eigenvalue weighted by Crippen LogP contribution is 2.38. The summed E-state index contributed by atoms with van der Waals surface area (Å²) >= 11 is 0. The predicted molar refractivity (Wildman–Crippen MR) is 406 cm³/mol. The van der Waals surface area contributed by atoms with E-state index in [2.05, 4.69) is 123 Å². The third-order valence-corrected chi connectivity index (χ3v) is 18.3. The highest BCUT2D eigenvalue weighted by atomic mass is 31.2. The monoisotopic (exact) mass is 1330 g/mol. The van der Waals surface area contributed by atoms with Crippen molar-refractivity contribution in [2.45, 2.75) is 367 Å². The first-order chi connectivity index (χ1) is 46.0. The molecule has 0 aromatic carbocycles. The summed E-state index contributed by atoms with van der Waals surface area (Å²) in [5.41, 5.74) is 0. The van der Waals surface area contributed by atoms with Crippen LogP contribution in [0.1, 0.15) is 361 Å². The molecule has 0 aromatic heterocycles. The van der Waals surface area contributed by atoms with E-state index in [0.717, 1.165) is 103 Å². The Morgan fingerprint density at radius 3 is 0.904 bits per heavy atom. The fourth-order valence-electron chi connectivity index (χ4n) is 11.3. The van der Waals surface area contributed by atoms with Gasteiger partial charge in [0, 0.05) is 12.8 Å². The standard InChI is InChI=1S/C84H150NO8P/c1-6-8-10-12-14-16-18-20-22-24-26-28-30-32-34-36-38-40-42-44-46-48-50-52-54-56-58-60-62-64-66-68-70-72-74-76-83(86)90-80-82(81-92-94(88,89)91-79-78-85(3,4)5)93-84(87)77-75-73-71-69-67-65-63-61-59-57-55-53-51-49-47-45-43-41-39-37-35-33-31-29-27-25-23-21-19-17-15-13-11-9-7-2/h9,11,15,17,21,23,27,29,33,35,39,41,45,47,51,53,57,59,82H,6-8,10,12-14,16,18-20,22,24-26,28,30-32,34,36-38,40,42-44,46,48-50,52,54-56,58,60-81H2,1-5H3/b11-9-,17-15-,23-21-,29-27-,35-33-,41-39-,47-45-,53-51-,59-57-. The molecule has 544 valence electrons. The first-order valence-electron chi connectivity index (χ1n) is 39.6. The highest BCUT2D eigenvalue weighted by molar-refractivity contribution is 7.45. The van der Waals surface area contributed by atoms with Crippen LogP contribution in [-0.4, -0.2) is 70.0 Å². The van der Waals surface area contributed by atoms with Crippen molar-refractivity contribution in [2.75, 3.05) is 47.5 Å². The van der Waals surface area contributed by atoms with Gasteiger partial charge in [-0.2, -0.15) is 0 Å². The average molecular weight is 1330 g/mol. The number of carbonyl (C=O) groups is 2. The number of likely N-dealkylation sites (N-methyl/N-ethyl adjacent to an activating group) is 1. The molecule has 0 rings (SSSR count). The molecule has 0 bridgehead atoms. The fraction of sp³-hybridized carbons (Fsp3) is 0.762. The Labute approximate surface area is 582 Å². The normalized spacial score (nSPS) is 13.6. The van der Waals surface area contributed by atoms with E-state index in [9.17, 15) is 19.0 Å². The second-order valence-corrected chi connectivity index (χ2v) is 29.1. The number of phosphoric acid groups is 1. The number of unbranched alkanes of at least 4 members (excludes halogenated alkanes) is 41. The molecule has 0 spiro atoms. The summed E-state index contributed by atoms with van der Waals surface area (Å²) in [5.74, 6) is -0.837. The van der Waals surface area contributed by atoms with Gasteiger partial charge in [0.15, 0.2) is 6.10 Å². The molecular formula is C84H150NO8P. The van der Waals surface area contributed by atoms with Crippen LogP contribution in [-0.2, 0) is 32.7 Å². The minimum Gasteiger partial charge on any atom is -0.756 e. The SMILES string of the molecule is CC/C=C\C/C=C\C/C=C\C/C=C\C/C=C\C/C=C\C/C=C\C/C=C\C/C=C\CCCCCCCCCC(=O)OC(COC(=O)CCCCCCCCCCCCCCCCCCCCCCCCCCCCCCCCCCCCC)COP(=O)([O-])OCC[N+](C)(C)C. The van der Waals surface area contributed by atoms with Crippen LogP contribution in [0.2, 0.25) is 0 Å². The Morgan fingerprint density at radius 2 is 0.606 bits per heavy atom. The number of hydrogen-bond acceptors (Lipinski definition) is 8. The molecule has 0 aliphatic rings. The van der Waals surface area contributed by atoms with Gasteiger partial charge in [-0.3, -0.25) is 14.2 Å². The number of ether oxygens (including phenoxy) is 2. The molecule has 0 heterocycles. The Kier molecular flexibility index (Phi) is 71.3. The lowest BCUT2D eigenvalue weighted by Gasteiger charge is -2.28. The van der Waals surface area contributed by atoms with Crippen molar-refractivity contribution in [1.29, 1.82) is 0 Å². The third-order valence-electron chi connectivity index (χ3n) is 17.3. The van der Waals surface area contributed by atoms with Crippen molar-refractivity contribution in [2.24, 2.45) is 0 Å². The maximum absolute atomic E-state index is 12.9. The van der Waals surface area contributed by atoms with E-state index in [1.54, 1.807) is 0 Å². The van der Waals surface area contributed by atoms with Crippen LogP contribution >= 0.6 is 7.82 Å². The molecule has 9 nitrogen and oxygen atoms in total. The van der Waals surface area contributed by atoms with Gasteiger partial charge in [0.2, 0.25) is 0 Å². The number of quaternary nitrogens is 1. The second kappa shape index (κ2) is 73.9. The molecule has 0 N–H and O–H groups in total. The molecule has 0 aromatic rings. The largest absolute Gasteiger partial charge is 0.756 e. The van der Waals surface area contributed by atoms with Crippen LogP contribution in [0.3, 0.4) is 0 Å². The number of esters is 2. The van der Waals surface area contributed by atoms with E-state index in [-0.39, 0.29) is 32.0 Å². The van der Waals surface area contributed by atoms with Crippen molar-refractivity contribution in [3.8, 4) is 0 Å². The highest BCUT2D eigenvalue weighted by Gasteiger charge is 2.22. The summed E-state index contributed by atoms with van der Waals surface area (Å²) < 4.78 is 34.4. The van der Waals surface area contributed by atoms with E-state index in [4.69, 9.17) is 18.5 Å². The maximum atomic E-state index is 12.9. The zero-order valence-corrected chi connectivity index (χ0v) is 63.0. The van der Waals surface area contributed by atoms with Gasteiger partial charge < -0.3 is 27.9 Å². The molecule has 0 radical (unpaired) electrons. The van der Waals surface area contributed by atoms with Gasteiger partial charge >= 0.3 is 11.9 Å². The van der Waals surface area contributed by atoms with Gasteiger partial charge in [-0.15, -0.1) is 0 Å². The van der Waals surface area contributed by atoms with Crippen molar-refractivity contribution in [3.05, 3.63) is 109 Å². The van der Waals surface area contributed by atoms with E-state index in [1.165, 1.54) is 225 Å². The van der Waals surface area contributed by atoms with Gasteiger partial charge in [0.25, 0.3) is 7.82 Å². The molecule has 94 heavy (non-hydrogen) atoms. The number of phosphoric ester groups is 1. The summed E-state index contributed by atoms with van der Waals surface area (Å²) in [6, 6.07) is 0. The van der Waals surface area contributed by atoms with E-state index < -0.39 is 26.5 Å². The number of hydrogen-bond donors (Lipinski definition) is 0. The molecular weight excluding hydrogens is 1180 g/mol. The first kappa shape index (κ1) is 90.7. The van der Waals surface area contributed by atoms with Crippen LogP contribution < -0.4 is 4.89 Å².